The standard InChI is InChI=1S/C21H13BrClN3O5S/c1-30-18-6-2-11(23)8-16(18)24-21-25-20(27)19(32-21)10-13-4-7-17(31-13)14-5-3-12(26(28)29)9-15(14)22/h2-10H,1H3,(H,24,25,27)/b19-10-. The molecule has 1 saturated heterocycles. The third-order valence-corrected chi connectivity index (χ3v) is 6.14. The lowest BCUT2D eigenvalue weighted by atomic mass is 10.1. The number of benzene rings is 2. The van der Waals surface area contributed by atoms with E-state index in [-0.39, 0.29) is 11.6 Å². The smallest absolute Gasteiger partial charge is 0.270 e. The topological polar surface area (TPSA) is 107 Å². The molecule has 2 aromatic carbocycles. The number of ether oxygens (including phenoxy) is 1. The van der Waals surface area contributed by atoms with Crippen molar-refractivity contribution >= 4 is 67.8 Å². The second kappa shape index (κ2) is 9.19. The number of hydrogen-bond donors (Lipinski definition) is 1. The van der Waals surface area contributed by atoms with Gasteiger partial charge in [0.2, 0.25) is 0 Å². The fraction of sp³-hybridized carbons (Fsp3) is 0.0476. The van der Waals surface area contributed by atoms with E-state index in [4.69, 9.17) is 20.8 Å². The van der Waals surface area contributed by atoms with Gasteiger partial charge < -0.3 is 14.5 Å². The SMILES string of the molecule is COc1ccc(Cl)cc1N=C1NC(=O)/C(=C/c2ccc(-c3ccc([N+](=O)[O-])cc3Br)o2)S1. The van der Waals surface area contributed by atoms with Crippen molar-refractivity contribution in [1.82, 2.24) is 5.32 Å². The zero-order chi connectivity index (χ0) is 22.8. The van der Waals surface area contributed by atoms with Crippen LogP contribution in [0.2, 0.25) is 5.02 Å². The Morgan fingerprint density at radius 2 is 2.06 bits per heavy atom. The molecule has 0 unspecified atom stereocenters. The Labute approximate surface area is 199 Å². The van der Waals surface area contributed by atoms with Gasteiger partial charge in [0.05, 0.1) is 16.9 Å². The Hall–Kier alpha value is -3.08. The molecule has 8 nitrogen and oxygen atoms in total. The predicted molar refractivity (Wildman–Crippen MR) is 127 cm³/mol. The number of nitrogens with one attached hydrogen (secondary N) is 1. The first kappa shape index (κ1) is 22.1. The minimum absolute atomic E-state index is 0.0308. The average molecular weight is 535 g/mol. The Kier molecular flexibility index (Phi) is 6.35. The van der Waals surface area contributed by atoms with E-state index in [1.807, 2.05) is 0 Å². The normalized spacial score (nSPS) is 15.9. The van der Waals surface area contributed by atoms with Crippen LogP contribution in [0.25, 0.3) is 17.4 Å². The van der Waals surface area contributed by atoms with Crippen LogP contribution in [-0.2, 0) is 4.79 Å². The number of hydrogen-bond acceptors (Lipinski definition) is 7. The van der Waals surface area contributed by atoms with Crippen molar-refractivity contribution < 1.29 is 18.9 Å². The summed E-state index contributed by atoms with van der Waals surface area (Å²) in [5, 5.41) is 14.5. The number of carbonyl (C=O) groups is 1. The van der Waals surface area contributed by atoms with Crippen LogP contribution in [0, 0.1) is 10.1 Å². The van der Waals surface area contributed by atoms with E-state index in [0.29, 0.717) is 48.1 Å². The third kappa shape index (κ3) is 4.72. The predicted octanol–water partition coefficient (Wildman–Crippen LogP) is 6.17. The number of halogens is 2. The summed E-state index contributed by atoms with van der Waals surface area (Å²) in [5.74, 6) is 1.16. The first-order valence-electron chi connectivity index (χ1n) is 9.01. The lowest BCUT2D eigenvalue weighted by Crippen LogP contribution is -2.19. The van der Waals surface area contributed by atoms with Gasteiger partial charge in [0, 0.05) is 33.3 Å². The van der Waals surface area contributed by atoms with Gasteiger partial charge in [0.1, 0.15) is 23.0 Å². The van der Waals surface area contributed by atoms with E-state index in [1.165, 1.54) is 19.2 Å². The van der Waals surface area contributed by atoms with Gasteiger partial charge in [-0.1, -0.05) is 11.6 Å². The summed E-state index contributed by atoms with van der Waals surface area (Å²) in [5.41, 5.74) is 1.11. The highest BCUT2D eigenvalue weighted by molar-refractivity contribution is 9.10. The molecule has 0 spiro atoms. The molecule has 11 heteroatoms. The molecule has 0 bridgehead atoms. The van der Waals surface area contributed by atoms with Crippen LogP contribution in [0.1, 0.15) is 5.76 Å². The Balaban J connectivity index is 1.57. The number of aliphatic imine (C=N–C) groups is 1. The molecule has 1 aromatic heterocycles. The van der Waals surface area contributed by atoms with Gasteiger partial charge in [-0.15, -0.1) is 0 Å². The quantitative estimate of drug-likeness (QED) is 0.238. The van der Waals surface area contributed by atoms with Crippen molar-refractivity contribution in [2.45, 2.75) is 0 Å². The molecule has 1 amide bonds. The lowest BCUT2D eigenvalue weighted by molar-refractivity contribution is -0.384. The van der Waals surface area contributed by atoms with Crippen LogP contribution >= 0.6 is 39.3 Å². The molecule has 1 aliphatic heterocycles. The highest BCUT2D eigenvalue weighted by Crippen LogP contribution is 2.36. The third-order valence-electron chi connectivity index (χ3n) is 4.34. The number of methoxy groups -OCH3 is 1. The number of nitro groups is 1. The van der Waals surface area contributed by atoms with E-state index >= 15 is 0 Å². The first-order chi connectivity index (χ1) is 15.3. The van der Waals surface area contributed by atoms with Crippen LogP contribution in [0.5, 0.6) is 5.75 Å². The van der Waals surface area contributed by atoms with Crippen LogP contribution in [0.15, 0.2) is 67.3 Å². The molecule has 0 saturated carbocycles. The van der Waals surface area contributed by atoms with Crippen molar-refractivity contribution in [3.05, 3.63) is 78.8 Å². The molecule has 4 rings (SSSR count). The molecule has 0 aliphatic carbocycles. The number of amidine groups is 1. The van der Waals surface area contributed by atoms with Crippen LogP contribution in [-0.4, -0.2) is 23.1 Å². The van der Waals surface area contributed by atoms with Gasteiger partial charge in [-0.2, -0.15) is 0 Å². The van der Waals surface area contributed by atoms with Gasteiger partial charge in [-0.3, -0.25) is 14.9 Å². The molecular weight excluding hydrogens is 522 g/mol. The van der Waals surface area contributed by atoms with Gasteiger partial charge >= 0.3 is 0 Å². The number of nitro benzene ring substituents is 1. The second-order valence-corrected chi connectivity index (χ2v) is 8.74. The highest BCUT2D eigenvalue weighted by atomic mass is 79.9. The lowest BCUT2D eigenvalue weighted by Gasteiger charge is -2.04. The average Bonchev–Trinajstić information content (AvgIpc) is 3.34. The fourth-order valence-electron chi connectivity index (χ4n) is 2.86. The number of furan rings is 1. The van der Waals surface area contributed by atoms with Crippen LogP contribution < -0.4 is 10.1 Å². The maximum absolute atomic E-state index is 12.4. The Morgan fingerprint density at radius 1 is 1.25 bits per heavy atom. The maximum atomic E-state index is 12.4. The molecular formula is C21H13BrClN3O5S. The number of thioether (sulfide) groups is 1. The van der Waals surface area contributed by atoms with Crippen molar-refractivity contribution in [1.29, 1.82) is 0 Å². The molecule has 1 fully saturated rings. The summed E-state index contributed by atoms with van der Waals surface area (Å²) in [7, 11) is 1.52. The number of amides is 1. The Morgan fingerprint density at radius 3 is 2.78 bits per heavy atom. The molecule has 162 valence electrons. The van der Waals surface area contributed by atoms with E-state index in [1.54, 1.807) is 42.5 Å². The van der Waals surface area contributed by atoms with Gasteiger partial charge in [-0.25, -0.2) is 4.99 Å². The van der Waals surface area contributed by atoms with Gasteiger partial charge in [0.25, 0.3) is 11.6 Å². The fourth-order valence-corrected chi connectivity index (χ4v) is 4.41. The second-order valence-electron chi connectivity index (χ2n) is 6.42. The molecule has 1 N–H and O–H groups in total. The zero-order valence-electron chi connectivity index (χ0n) is 16.3. The van der Waals surface area contributed by atoms with Crippen LogP contribution in [0.4, 0.5) is 11.4 Å². The molecule has 32 heavy (non-hydrogen) atoms. The number of carbonyl (C=O) groups excluding carboxylic acids is 1. The number of rotatable bonds is 5. The van der Waals surface area contributed by atoms with Crippen LogP contribution in [0.3, 0.4) is 0 Å². The summed E-state index contributed by atoms with van der Waals surface area (Å²) in [6.45, 7) is 0. The van der Waals surface area contributed by atoms with Crippen molar-refractivity contribution in [3.8, 4) is 17.1 Å². The zero-order valence-corrected chi connectivity index (χ0v) is 19.5. The van der Waals surface area contributed by atoms with Crippen molar-refractivity contribution in [2.75, 3.05) is 7.11 Å². The number of non-ortho nitro benzene ring substituents is 1. The number of nitrogens with zero attached hydrogens (tertiary/aromatic N) is 2. The van der Waals surface area contributed by atoms with E-state index in [9.17, 15) is 14.9 Å². The van der Waals surface area contributed by atoms with Crippen molar-refractivity contribution in [3.63, 3.8) is 0 Å². The monoisotopic (exact) mass is 533 g/mol. The van der Waals surface area contributed by atoms with E-state index in [0.717, 1.165) is 11.8 Å². The largest absolute Gasteiger partial charge is 0.494 e. The highest BCUT2D eigenvalue weighted by Gasteiger charge is 2.25. The summed E-state index contributed by atoms with van der Waals surface area (Å²) in [4.78, 5) is 27.6. The molecule has 1 aliphatic rings. The first-order valence-corrected chi connectivity index (χ1v) is 11.0. The van der Waals surface area contributed by atoms with Crippen molar-refractivity contribution in [2.24, 2.45) is 4.99 Å². The molecule has 3 aromatic rings. The minimum atomic E-state index is -0.472. The minimum Gasteiger partial charge on any atom is -0.494 e. The Bertz CT molecular complexity index is 1300. The van der Waals surface area contributed by atoms with E-state index in [2.05, 4.69) is 26.2 Å². The maximum Gasteiger partial charge on any atom is 0.270 e. The molecule has 0 atom stereocenters. The summed E-state index contributed by atoms with van der Waals surface area (Å²) < 4.78 is 11.6. The van der Waals surface area contributed by atoms with Gasteiger partial charge in [-0.05, 0) is 64.1 Å². The summed E-state index contributed by atoms with van der Waals surface area (Å²) in [6, 6.07) is 12.9. The summed E-state index contributed by atoms with van der Waals surface area (Å²) >= 11 is 10.5. The summed E-state index contributed by atoms with van der Waals surface area (Å²) in [6.07, 6.45) is 1.60. The molecule has 2 heterocycles. The molecule has 0 radical (unpaired) electrons. The van der Waals surface area contributed by atoms with Gasteiger partial charge in [0.15, 0.2) is 5.17 Å². The van der Waals surface area contributed by atoms with E-state index < -0.39 is 4.92 Å².